The lowest BCUT2D eigenvalue weighted by Crippen LogP contribution is -2.18. The number of nitrogens with zero attached hydrogens (tertiary/aromatic N) is 1. The summed E-state index contributed by atoms with van der Waals surface area (Å²) in [6, 6.07) is 1.51. The first-order valence-corrected chi connectivity index (χ1v) is 4.22. The Morgan fingerprint density at radius 2 is 2.40 bits per heavy atom. The summed E-state index contributed by atoms with van der Waals surface area (Å²) in [6.45, 7) is 0. The first kappa shape index (κ1) is 11.4. The maximum absolute atomic E-state index is 13.2. The third-order valence-electron chi connectivity index (χ3n) is 1.80. The lowest BCUT2D eigenvalue weighted by molar-refractivity contribution is -0.137. The fraction of sp³-hybridized carbons (Fsp3) is 0.333. The lowest BCUT2D eigenvalue weighted by atomic mass is 10.1. The minimum Gasteiger partial charge on any atom is -0.481 e. The monoisotopic (exact) mass is 214 g/mol. The Bertz CT molecular complexity index is 370. The molecule has 0 saturated carbocycles. The van der Waals surface area contributed by atoms with Gasteiger partial charge >= 0.3 is 5.97 Å². The average molecular weight is 214 g/mol. The Morgan fingerprint density at radius 1 is 1.73 bits per heavy atom. The molecule has 3 N–H and O–H groups in total. The highest BCUT2D eigenvalue weighted by Crippen LogP contribution is 2.18. The van der Waals surface area contributed by atoms with Gasteiger partial charge in [0.05, 0.1) is 25.3 Å². The fourth-order valence-electron chi connectivity index (χ4n) is 1.10. The normalized spacial score (nSPS) is 12.2. The second-order valence-electron chi connectivity index (χ2n) is 2.93. The zero-order chi connectivity index (χ0) is 11.4. The molecule has 82 valence electrons. The quantitative estimate of drug-likeness (QED) is 0.770. The van der Waals surface area contributed by atoms with Gasteiger partial charge in [-0.05, 0) is 6.07 Å². The van der Waals surface area contributed by atoms with E-state index in [2.05, 4.69) is 4.98 Å². The SMILES string of the molecule is COc1ccc(F)c(C(N)CC(=O)O)n1. The van der Waals surface area contributed by atoms with E-state index in [1.807, 2.05) is 0 Å². The van der Waals surface area contributed by atoms with Crippen LogP contribution in [0.2, 0.25) is 0 Å². The van der Waals surface area contributed by atoms with Gasteiger partial charge in [0.15, 0.2) is 0 Å². The molecule has 0 aliphatic carbocycles. The summed E-state index contributed by atoms with van der Waals surface area (Å²) >= 11 is 0. The van der Waals surface area contributed by atoms with Crippen LogP contribution in [0.25, 0.3) is 0 Å². The molecule has 1 aromatic rings. The van der Waals surface area contributed by atoms with Crippen molar-refractivity contribution in [2.75, 3.05) is 7.11 Å². The van der Waals surface area contributed by atoms with Crippen LogP contribution in [-0.4, -0.2) is 23.2 Å². The van der Waals surface area contributed by atoms with Gasteiger partial charge in [-0.3, -0.25) is 4.79 Å². The van der Waals surface area contributed by atoms with Crippen LogP contribution >= 0.6 is 0 Å². The number of carboxylic acids is 1. The number of aliphatic carboxylic acids is 1. The molecule has 0 aliphatic heterocycles. The number of carbonyl (C=O) groups is 1. The predicted octanol–water partition coefficient (Wildman–Crippen LogP) is 0.704. The molecule has 5 nitrogen and oxygen atoms in total. The number of nitrogens with two attached hydrogens (primary N) is 1. The third-order valence-corrected chi connectivity index (χ3v) is 1.80. The molecule has 1 rings (SSSR count). The van der Waals surface area contributed by atoms with Crippen molar-refractivity contribution in [3.63, 3.8) is 0 Å². The molecule has 0 aliphatic rings. The highest BCUT2D eigenvalue weighted by molar-refractivity contribution is 5.67. The van der Waals surface area contributed by atoms with Gasteiger partial charge in [-0.15, -0.1) is 0 Å². The van der Waals surface area contributed by atoms with E-state index in [1.54, 1.807) is 0 Å². The van der Waals surface area contributed by atoms with Crippen LogP contribution in [0.5, 0.6) is 5.88 Å². The van der Waals surface area contributed by atoms with Gasteiger partial charge in [-0.1, -0.05) is 0 Å². The van der Waals surface area contributed by atoms with E-state index < -0.39 is 17.8 Å². The number of aromatic nitrogens is 1. The number of carboxylic acid groups (broad SMARTS) is 1. The van der Waals surface area contributed by atoms with Gasteiger partial charge in [0.25, 0.3) is 0 Å². The molecule has 1 aromatic heterocycles. The Morgan fingerprint density at radius 3 is 2.93 bits per heavy atom. The van der Waals surface area contributed by atoms with Crippen molar-refractivity contribution >= 4 is 5.97 Å². The zero-order valence-corrected chi connectivity index (χ0v) is 8.11. The maximum Gasteiger partial charge on any atom is 0.305 e. The molecule has 0 aromatic carbocycles. The van der Waals surface area contributed by atoms with E-state index in [0.717, 1.165) is 6.07 Å². The predicted molar refractivity (Wildman–Crippen MR) is 49.9 cm³/mol. The number of rotatable bonds is 4. The van der Waals surface area contributed by atoms with Crippen molar-refractivity contribution < 1.29 is 19.0 Å². The highest BCUT2D eigenvalue weighted by atomic mass is 19.1. The maximum atomic E-state index is 13.2. The van der Waals surface area contributed by atoms with Crippen LogP contribution in [0, 0.1) is 5.82 Å². The van der Waals surface area contributed by atoms with Crippen molar-refractivity contribution in [2.24, 2.45) is 5.73 Å². The first-order chi connectivity index (χ1) is 7.04. The molecule has 15 heavy (non-hydrogen) atoms. The van der Waals surface area contributed by atoms with Crippen molar-refractivity contribution in [1.29, 1.82) is 0 Å². The largest absolute Gasteiger partial charge is 0.481 e. The fourth-order valence-corrected chi connectivity index (χ4v) is 1.10. The zero-order valence-electron chi connectivity index (χ0n) is 8.11. The summed E-state index contributed by atoms with van der Waals surface area (Å²) in [4.78, 5) is 14.1. The number of methoxy groups -OCH3 is 1. The first-order valence-electron chi connectivity index (χ1n) is 4.22. The summed E-state index contributed by atoms with van der Waals surface area (Å²) in [5.41, 5.74) is 5.38. The van der Waals surface area contributed by atoms with E-state index in [-0.39, 0.29) is 18.0 Å². The van der Waals surface area contributed by atoms with Crippen LogP contribution < -0.4 is 10.5 Å². The molecule has 0 bridgehead atoms. The van der Waals surface area contributed by atoms with Crippen LogP contribution in [0.4, 0.5) is 4.39 Å². The number of pyridine rings is 1. The van der Waals surface area contributed by atoms with Crippen molar-refractivity contribution in [1.82, 2.24) is 4.98 Å². The van der Waals surface area contributed by atoms with E-state index >= 15 is 0 Å². The molecule has 0 radical (unpaired) electrons. The van der Waals surface area contributed by atoms with Crippen molar-refractivity contribution in [3.8, 4) is 5.88 Å². The van der Waals surface area contributed by atoms with Crippen LogP contribution in [0.15, 0.2) is 12.1 Å². The number of halogens is 1. The van der Waals surface area contributed by atoms with Crippen molar-refractivity contribution in [2.45, 2.75) is 12.5 Å². The van der Waals surface area contributed by atoms with Crippen LogP contribution in [-0.2, 0) is 4.79 Å². The van der Waals surface area contributed by atoms with E-state index in [0.29, 0.717) is 0 Å². The smallest absolute Gasteiger partial charge is 0.305 e. The van der Waals surface area contributed by atoms with Gasteiger partial charge in [0.1, 0.15) is 5.82 Å². The van der Waals surface area contributed by atoms with E-state index in [1.165, 1.54) is 13.2 Å². The topological polar surface area (TPSA) is 85.4 Å². The molecule has 1 atom stereocenters. The molecule has 0 fully saturated rings. The van der Waals surface area contributed by atoms with Gasteiger partial charge in [0.2, 0.25) is 5.88 Å². The molecule has 6 heteroatoms. The standard InChI is InChI=1S/C9H11FN2O3/c1-15-7-3-2-5(10)9(12-7)6(11)4-8(13)14/h2-3,6H,4,11H2,1H3,(H,13,14). The van der Waals surface area contributed by atoms with Gasteiger partial charge in [0, 0.05) is 6.07 Å². The third kappa shape index (κ3) is 2.88. The Labute approximate surface area is 85.7 Å². The summed E-state index contributed by atoms with van der Waals surface area (Å²) in [5, 5.41) is 8.50. The van der Waals surface area contributed by atoms with Gasteiger partial charge in [-0.2, -0.15) is 0 Å². The number of ether oxygens (including phenoxy) is 1. The number of hydrogen-bond donors (Lipinski definition) is 2. The minimum absolute atomic E-state index is 0.100. The summed E-state index contributed by atoms with van der Waals surface area (Å²) < 4.78 is 18.0. The molecule has 0 spiro atoms. The average Bonchev–Trinajstić information content (AvgIpc) is 2.17. The molecular formula is C9H11FN2O3. The van der Waals surface area contributed by atoms with Crippen LogP contribution in [0.3, 0.4) is 0 Å². The van der Waals surface area contributed by atoms with Gasteiger partial charge < -0.3 is 15.6 Å². The summed E-state index contributed by atoms with van der Waals surface area (Å²) in [5.74, 6) is -1.54. The van der Waals surface area contributed by atoms with Crippen molar-refractivity contribution in [3.05, 3.63) is 23.6 Å². The van der Waals surface area contributed by atoms with Gasteiger partial charge in [-0.25, -0.2) is 9.37 Å². The molecular weight excluding hydrogens is 203 g/mol. The minimum atomic E-state index is -1.11. The lowest BCUT2D eigenvalue weighted by Gasteiger charge is -2.10. The number of hydrogen-bond acceptors (Lipinski definition) is 4. The second-order valence-corrected chi connectivity index (χ2v) is 2.93. The Hall–Kier alpha value is -1.69. The second kappa shape index (κ2) is 4.70. The Kier molecular flexibility index (Phi) is 3.56. The van der Waals surface area contributed by atoms with E-state index in [4.69, 9.17) is 15.6 Å². The Balaban J connectivity index is 2.95. The van der Waals surface area contributed by atoms with Crippen LogP contribution in [0.1, 0.15) is 18.2 Å². The summed E-state index contributed by atoms with van der Waals surface area (Å²) in [6.07, 6.45) is -0.378. The molecule has 1 unspecified atom stereocenters. The molecule has 1 heterocycles. The molecule has 0 amide bonds. The summed E-state index contributed by atoms with van der Waals surface area (Å²) in [7, 11) is 1.38. The highest BCUT2D eigenvalue weighted by Gasteiger charge is 2.17. The van der Waals surface area contributed by atoms with E-state index in [9.17, 15) is 9.18 Å². The molecule has 0 saturated heterocycles.